The molecular weight excluding hydrogens is 415 g/mol. The van der Waals surface area contributed by atoms with Gasteiger partial charge in [-0.15, -0.1) is 0 Å². The number of fused-ring (bicyclic) bond motifs is 1. The number of hydrogen-bond acceptors (Lipinski definition) is 6. The molecule has 1 saturated heterocycles. The van der Waals surface area contributed by atoms with Crippen molar-refractivity contribution >= 4 is 28.3 Å². The number of nitrogens with one attached hydrogen (secondary N) is 1. The molecule has 172 valence electrons. The van der Waals surface area contributed by atoms with Crippen LogP contribution in [-0.4, -0.2) is 53.6 Å². The molecule has 8 nitrogen and oxygen atoms in total. The molecule has 1 atom stereocenters. The van der Waals surface area contributed by atoms with Crippen LogP contribution in [0, 0.1) is 5.82 Å². The molecule has 1 saturated carbocycles. The Kier molecular flexibility index (Phi) is 6.30. The molecule has 1 aliphatic carbocycles. The number of carbonyl (C=O) groups excluding carboxylic acids is 1. The van der Waals surface area contributed by atoms with Crippen LogP contribution in [0.2, 0.25) is 0 Å². The fourth-order valence-corrected chi connectivity index (χ4v) is 4.45. The summed E-state index contributed by atoms with van der Waals surface area (Å²) in [4.78, 5) is 40.5. The quantitative estimate of drug-likeness (QED) is 0.535. The Balaban J connectivity index is 1.98. The molecule has 4 N–H and O–H groups in total. The molecule has 1 aromatic carbocycles. The number of ketones is 1. The summed E-state index contributed by atoms with van der Waals surface area (Å²) in [5, 5.41) is 13.0. The van der Waals surface area contributed by atoms with Gasteiger partial charge in [0.1, 0.15) is 17.1 Å². The molecule has 1 aromatic heterocycles. The second-order valence-electron chi connectivity index (χ2n) is 8.63. The number of benzene rings is 1. The van der Waals surface area contributed by atoms with E-state index in [9.17, 15) is 19.5 Å². The molecule has 9 heteroatoms. The molecular formula is C23H29FN4O4. The van der Waals surface area contributed by atoms with Crippen molar-refractivity contribution in [3.8, 4) is 0 Å². The third kappa shape index (κ3) is 4.02. The summed E-state index contributed by atoms with van der Waals surface area (Å²) in [5.41, 5.74) is 5.25. The summed E-state index contributed by atoms with van der Waals surface area (Å²) >= 11 is 0. The van der Waals surface area contributed by atoms with Gasteiger partial charge in [0.15, 0.2) is 5.78 Å². The minimum Gasteiger partial charge on any atom is -0.477 e. The smallest absolute Gasteiger partial charge is 0.342 e. The fraction of sp³-hybridized carbons (Fsp3) is 0.522. The van der Waals surface area contributed by atoms with E-state index in [0.29, 0.717) is 43.8 Å². The minimum absolute atomic E-state index is 0.0237. The maximum atomic E-state index is 15.0. The average Bonchev–Trinajstić information content (AvgIpc) is 3.62. The SMILES string of the molecule is CCCCC(N)C(=O)c1c(C(=O)O)c(=O)c2cc(F)c(N3CCNCC3)cc2n1C1CC1. The van der Waals surface area contributed by atoms with Crippen LogP contribution in [-0.2, 0) is 0 Å². The number of anilines is 1. The van der Waals surface area contributed by atoms with E-state index in [1.54, 1.807) is 10.6 Å². The lowest BCUT2D eigenvalue weighted by molar-refractivity contribution is 0.0688. The Morgan fingerprint density at radius 1 is 1.28 bits per heavy atom. The first-order valence-electron chi connectivity index (χ1n) is 11.3. The molecule has 0 bridgehead atoms. The predicted octanol–water partition coefficient (Wildman–Crippen LogP) is 2.28. The Hall–Kier alpha value is -2.78. The summed E-state index contributed by atoms with van der Waals surface area (Å²) in [7, 11) is 0. The van der Waals surface area contributed by atoms with Crippen molar-refractivity contribution in [2.24, 2.45) is 5.73 Å². The molecule has 0 spiro atoms. The van der Waals surface area contributed by atoms with Crippen molar-refractivity contribution in [1.82, 2.24) is 9.88 Å². The summed E-state index contributed by atoms with van der Waals surface area (Å²) < 4.78 is 16.7. The van der Waals surface area contributed by atoms with E-state index in [2.05, 4.69) is 5.32 Å². The predicted molar refractivity (Wildman–Crippen MR) is 120 cm³/mol. The van der Waals surface area contributed by atoms with Crippen molar-refractivity contribution in [3.63, 3.8) is 0 Å². The van der Waals surface area contributed by atoms with Crippen LogP contribution in [0.15, 0.2) is 16.9 Å². The Labute approximate surface area is 185 Å². The standard InChI is InChI=1S/C23H29FN4O4/c1-2-3-4-16(25)22(30)20-19(23(31)32)21(29)14-11-15(24)18(27-9-7-26-8-10-27)12-17(14)28(20)13-5-6-13/h11-13,16,26H,2-10,25H2,1H3,(H,31,32). The normalized spacial score (nSPS) is 17.5. The van der Waals surface area contributed by atoms with Gasteiger partial charge in [0.25, 0.3) is 0 Å². The lowest BCUT2D eigenvalue weighted by atomic mass is 9.97. The molecule has 4 rings (SSSR count). The number of Topliss-reactive ketones (excluding diaryl/α,β-unsaturated/α-hetero) is 1. The number of aromatic carboxylic acids is 1. The number of rotatable bonds is 8. The number of halogens is 1. The van der Waals surface area contributed by atoms with E-state index >= 15 is 4.39 Å². The van der Waals surface area contributed by atoms with Crippen molar-refractivity contribution in [2.45, 2.75) is 51.1 Å². The number of nitrogens with zero attached hydrogens (tertiary/aromatic N) is 2. The maximum Gasteiger partial charge on any atom is 0.342 e. The first-order chi connectivity index (χ1) is 15.3. The van der Waals surface area contributed by atoms with Gasteiger partial charge in [-0.3, -0.25) is 9.59 Å². The Bertz CT molecular complexity index is 1120. The Morgan fingerprint density at radius 3 is 2.56 bits per heavy atom. The summed E-state index contributed by atoms with van der Waals surface area (Å²) in [6, 6.07) is 1.69. The number of carbonyl (C=O) groups is 2. The van der Waals surface area contributed by atoms with Gasteiger partial charge in [-0.2, -0.15) is 0 Å². The van der Waals surface area contributed by atoms with Crippen LogP contribution in [0.25, 0.3) is 10.9 Å². The van der Waals surface area contributed by atoms with Gasteiger partial charge in [0, 0.05) is 37.6 Å². The lowest BCUT2D eigenvalue weighted by Gasteiger charge is -2.30. The van der Waals surface area contributed by atoms with Crippen LogP contribution in [0.1, 0.15) is 65.9 Å². The van der Waals surface area contributed by atoms with E-state index < -0.39 is 34.6 Å². The highest BCUT2D eigenvalue weighted by Crippen LogP contribution is 2.40. The van der Waals surface area contributed by atoms with Crippen LogP contribution in [0.5, 0.6) is 0 Å². The first-order valence-corrected chi connectivity index (χ1v) is 11.3. The van der Waals surface area contributed by atoms with Gasteiger partial charge in [0.05, 0.1) is 17.2 Å². The second-order valence-corrected chi connectivity index (χ2v) is 8.63. The van der Waals surface area contributed by atoms with Gasteiger partial charge in [-0.1, -0.05) is 19.8 Å². The van der Waals surface area contributed by atoms with Gasteiger partial charge < -0.3 is 25.6 Å². The van der Waals surface area contributed by atoms with Gasteiger partial charge in [-0.25, -0.2) is 9.18 Å². The number of nitrogens with two attached hydrogens (primary N) is 1. The zero-order valence-corrected chi connectivity index (χ0v) is 18.2. The molecule has 2 aliphatic rings. The maximum absolute atomic E-state index is 15.0. The molecule has 0 amide bonds. The van der Waals surface area contributed by atoms with Crippen molar-refractivity contribution < 1.29 is 19.1 Å². The number of carboxylic acids is 1. The minimum atomic E-state index is -1.50. The number of carboxylic acid groups (broad SMARTS) is 1. The highest BCUT2D eigenvalue weighted by Gasteiger charge is 2.36. The molecule has 0 radical (unpaired) electrons. The highest BCUT2D eigenvalue weighted by molar-refractivity contribution is 6.09. The molecule has 2 fully saturated rings. The topological polar surface area (TPSA) is 118 Å². The van der Waals surface area contributed by atoms with Crippen LogP contribution < -0.4 is 21.4 Å². The summed E-state index contributed by atoms with van der Waals surface area (Å²) in [5.74, 6) is -2.62. The van der Waals surface area contributed by atoms with E-state index in [-0.39, 0.29) is 17.1 Å². The van der Waals surface area contributed by atoms with Crippen LogP contribution in [0.4, 0.5) is 10.1 Å². The lowest BCUT2D eigenvalue weighted by Crippen LogP contribution is -2.44. The summed E-state index contributed by atoms with van der Waals surface area (Å²) in [6.45, 7) is 4.61. The molecule has 1 aliphatic heterocycles. The van der Waals surface area contributed by atoms with Crippen molar-refractivity contribution in [2.75, 3.05) is 31.1 Å². The third-order valence-corrected chi connectivity index (χ3v) is 6.30. The molecule has 1 unspecified atom stereocenters. The zero-order chi connectivity index (χ0) is 23.0. The zero-order valence-electron chi connectivity index (χ0n) is 18.2. The first kappa shape index (κ1) is 22.4. The largest absolute Gasteiger partial charge is 0.477 e. The number of pyridine rings is 1. The fourth-order valence-electron chi connectivity index (χ4n) is 4.45. The number of unbranched alkanes of at least 4 members (excludes halogenated alkanes) is 1. The van der Waals surface area contributed by atoms with E-state index in [1.165, 1.54) is 0 Å². The molecule has 2 heterocycles. The third-order valence-electron chi connectivity index (χ3n) is 6.30. The van der Waals surface area contributed by atoms with E-state index in [1.807, 2.05) is 11.8 Å². The van der Waals surface area contributed by atoms with E-state index in [4.69, 9.17) is 5.73 Å². The van der Waals surface area contributed by atoms with Gasteiger partial charge in [0.2, 0.25) is 5.43 Å². The second kappa shape index (κ2) is 8.99. The number of hydrogen-bond donors (Lipinski definition) is 3. The average molecular weight is 445 g/mol. The van der Waals surface area contributed by atoms with Crippen molar-refractivity contribution in [3.05, 3.63) is 39.4 Å². The summed E-state index contributed by atoms with van der Waals surface area (Å²) in [6.07, 6.45) is 3.46. The highest BCUT2D eigenvalue weighted by atomic mass is 19.1. The van der Waals surface area contributed by atoms with Gasteiger partial charge >= 0.3 is 5.97 Å². The molecule has 32 heavy (non-hydrogen) atoms. The Morgan fingerprint density at radius 2 is 1.97 bits per heavy atom. The number of piperazine rings is 1. The van der Waals surface area contributed by atoms with Gasteiger partial charge in [-0.05, 0) is 31.4 Å². The van der Waals surface area contributed by atoms with Crippen LogP contribution >= 0.6 is 0 Å². The number of aromatic nitrogens is 1. The van der Waals surface area contributed by atoms with E-state index in [0.717, 1.165) is 31.7 Å². The van der Waals surface area contributed by atoms with Crippen molar-refractivity contribution in [1.29, 1.82) is 0 Å². The van der Waals surface area contributed by atoms with Crippen LogP contribution in [0.3, 0.4) is 0 Å². The molecule has 2 aromatic rings. The monoisotopic (exact) mass is 444 g/mol.